The van der Waals surface area contributed by atoms with Crippen LogP contribution in [0.1, 0.15) is 18.5 Å². The van der Waals surface area contributed by atoms with Crippen LogP contribution in [0.15, 0.2) is 41.6 Å². The SMILES string of the molecule is COc1cc(Oc2cnccc2C(C)N)ccc1SC. The highest BCUT2D eigenvalue weighted by molar-refractivity contribution is 7.98. The van der Waals surface area contributed by atoms with E-state index >= 15 is 0 Å². The van der Waals surface area contributed by atoms with Gasteiger partial charge in [-0.3, -0.25) is 4.98 Å². The molecule has 20 heavy (non-hydrogen) atoms. The summed E-state index contributed by atoms with van der Waals surface area (Å²) in [5.74, 6) is 2.16. The van der Waals surface area contributed by atoms with Crippen molar-refractivity contribution in [2.24, 2.45) is 5.73 Å². The number of rotatable bonds is 5. The zero-order chi connectivity index (χ0) is 14.5. The Morgan fingerprint density at radius 2 is 2.05 bits per heavy atom. The molecule has 1 aromatic carbocycles. The van der Waals surface area contributed by atoms with Gasteiger partial charge in [0.1, 0.15) is 17.2 Å². The number of hydrogen-bond donors (Lipinski definition) is 1. The molecular formula is C15H18N2O2S. The quantitative estimate of drug-likeness (QED) is 0.852. The minimum absolute atomic E-state index is 0.111. The Morgan fingerprint density at radius 1 is 1.25 bits per heavy atom. The average Bonchev–Trinajstić information content (AvgIpc) is 2.47. The summed E-state index contributed by atoms with van der Waals surface area (Å²) in [7, 11) is 1.65. The van der Waals surface area contributed by atoms with E-state index in [1.165, 1.54) is 0 Å². The third-order valence-corrected chi connectivity index (χ3v) is 3.67. The molecule has 0 aliphatic heterocycles. The van der Waals surface area contributed by atoms with Gasteiger partial charge in [-0.05, 0) is 31.4 Å². The van der Waals surface area contributed by atoms with Gasteiger partial charge in [-0.25, -0.2) is 0 Å². The number of ether oxygens (including phenoxy) is 2. The normalized spacial score (nSPS) is 12.0. The highest BCUT2D eigenvalue weighted by Crippen LogP contribution is 2.34. The Hall–Kier alpha value is -1.72. The lowest BCUT2D eigenvalue weighted by Gasteiger charge is -2.14. The van der Waals surface area contributed by atoms with Crippen molar-refractivity contribution in [3.8, 4) is 17.2 Å². The lowest BCUT2D eigenvalue weighted by atomic mass is 10.1. The third-order valence-electron chi connectivity index (χ3n) is 2.89. The molecule has 1 atom stereocenters. The maximum absolute atomic E-state index is 5.93. The predicted octanol–water partition coefficient (Wildman–Crippen LogP) is 3.62. The van der Waals surface area contributed by atoms with E-state index in [0.717, 1.165) is 16.2 Å². The van der Waals surface area contributed by atoms with Gasteiger partial charge < -0.3 is 15.2 Å². The Bertz CT molecular complexity index is 588. The zero-order valence-electron chi connectivity index (χ0n) is 11.8. The second-order valence-corrected chi connectivity index (χ2v) is 5.17. The standard InChI is InChI=1S/C15H18N2O2S/c1-10(16)12-6-7-17-9-14(12)19-11-4-5-15(20-3)13(8-11)18-2/h4-10H,16H2,1-3H3. The van der Waals surface area contributed by atoms with Crippen molar-refractivity contribution in [2.45, 2.75) is 17.9 Å². The van der Waals surface area contributed by atoms with Crippen LogP contribution in [-0.2, 0) is 0 Å². The van der Waals surface area contributed by atoms with Gasteiger partial charge in [-0.1, -0.05) is 0 Å². The average molecular weight is 290 g/mol. The van der Waals surface area contributed by atoms with Crippen molar-refractivity contribution in [3.63, 3.8) is 0 Å². The van der Waals surface area contributed by atoms with Gasteiger partial charge in [0, 0.05) is 28.8 Å². The first kappa shape index (κ1) is 14.7. The fourth-order valence-corrected chi connectivity index (χ4v) is 2.41. The number of benzene rings is 1. The molecule has 0 aliphatic carbocycles. The molecule has 0 amide bonds. The van der Waals surface area contributed by atoms with Crippen LogP contribution in [0.25, 0.3) is 0 Å². The summed E-state index contributed by atoms with van der Waals surface area (Å²) in [5.41, 5.74) is 6.86. The first-order chi connectivity index (χ1) is 9.65. The van der Waals surface area contributed by atoms with Crippen LogP contribution in [0, 0.1) is 0 Å². The van der Waals surface area contributed by atoms with E-state index in [1.807, 2.05) is 37.4 Å². The van der Waals surface area contributed by atoms with Gasteiger partial charge in [-0.2, -0.15) is 0 Å². The van der Waals surface area contributed by atoms with Crippen LogP contribution in [0.5, 0.6) is 17.2 Å². The lowest BCUT2D eigenvalue weighted by molar-refractivity contribution is 0.398. The van der Waals surface area contributed by atoms with E-state index < -0.39 is 0 Å². The molecule has 0 bridgehead atoms. The molecule has 0 saturated heterocycles. The monoisotopic (exact) mass is 290 g/mol. The molecule has 2 aromatic rings. The Balaban J connectivity index is 2.31. The first-order valence-electron chi connectivity index (χ1n) is 6.25. The largest absolute Gasteiger partial charge is 0.495 e. The topological polar surface area (TPSA) is 57.4 Å². The van der Waals surface area contributed by atoms with Crippen LogP contribution in [0.3, 0.4) is 0 Å². The summed E-state index contributed by atoms with van der Waals surface area (Å²) >= 11 is 1.63. The summed E-state index contributed by atoms with van der Waals surface area (Å²) in [4.78, 5) is 5.15. The smallest absolute Gasteiger partial charge is 0.150 e. The van der Waals surface area contributed by atoms with Crippen LogP contribution in [0.2, 0.25) is 0 Å². The second kappa shape index (κ2) is 6.63. The van der Waals surface area contributed by atoms with E-state index in [2.05, 4.69) is 4.98 Å². The molecule has 2 rings (SSSR count). The molecule has 0 aliphatic rings. The number of thioether (sulfide) groups is 1. The molecule has 4 nitrogen and oxygen atoms in total. The number of aromatic nitrogens is 1. The van der Waals surface area contributed by atoms with E-state index in [9.17, 15) is 0 Å². The molecule has 5 heteroatoms. The number of nitrogens with zero attached hydrogens (tertiary/aromatic N) is 1. The summed E-state index contributed by atoms with van der Waals surface area (Å²) in [5, 5.41) is 0. The Labute approximate surface area is 123 Å². The Morgan fingerprint density at radius 3 is 2.70 bits per heavy atom. The van der Waals surface area contributed by atoms with Gasteiger partial charge >= 0.3 is 0 Å². The summed E-state index contributed by atoms with van der Waals surface area (Å²) in [6, 6.07) is 7.50. The van der Waals surface area contributed by atoms with Gasteiger partial charge in [0.2, 0.25) is 0 Å². The maximum atomic E-state index is 5.93. The van der Waals surface area contributed by atoms with Crippen LogP contribution in [-0.4, -0.2) is 18.3 Å². The minimum Gasteiger partial charge on any atom is -0.495 e. The number of methoxy groups -OCH3 is 1. The fraction of sp³-hybridized carbons (Fsp3) is 0.267. The van der Waals surface area contributed by atoms with E-state index in [-0.39, 0.29) is 6.04 Å². The van der Waals surface area contributed by atoms with Gasteiger partial charge in [0.15, 0.2) is 0 Å². The third kappa shape index (κ3) is 3.23. The van der Waals surface area contributed by atoms with E-state index in [0.29, 0.717) is 11.5 Å². The van der Waals surface area contributed by atoms with Crippen molar-refractivity contribution in [1.29, 1.82) is 0 Å². The van der Waals surface area contributed by atoms with Crippen molar-refractivity contribution in [2.75, 3.05) is 13.4 Å². The van der Waals surface area contributed by atoms with Gasteiger partial charge in [0.05, 0.1) is 13.3 Å². The Kier molecular flexibility index (Phi) is 4.87. The molecule has 1 aromatic heterocycles. The van der Waals surface area contributed by atoms with Crippen LogP contribution >= 0.6 is 11.8 Å². The predicted molar refractivity (Wildman–Crippen MR) is 81.7 cm³/mol. The summed E-state index contributed by atoms with van der Waals surface area (Å²) < 4.78 is 11.2. The molecule has 0 saturated carbocycles. The molecule has 0 fully saturated rings. The van der Waals surface area contributed by atoms with Crippen LogP contribution < -0.4 is 15.2 Å². The van der Waals surface area contributed by atoms with Crippen molar-refractivity contribution in [1.82, 2.24) is 4.98 Å². The van der Waals surface area contributed by atoms with Gasteiger partial charge in [0.25, 0.3) is 0 Å². The van der Waals surface area contributed by atoms with E-state index in [4.69, 9.17) is 15.2 Å². The summed E-state index contributed by atoms with van der Waals surface area (Å²) in [6.07, 6.45) is 5.39. The first-order valence-corrected chi connectivity index (χ1v) is 7.47. The molecule has 0 radical (unpaired) electrons. The molecule has 1 heterocycles. The lowest BCUT2D eigenvalue weighted by Crippen LogP contribution is -2.06. The van der Waals surface area contributed by atoms with Crippen molar-refractivity contribution >= 4 is 11.8 Å². The highest BCUT2D eigenvalue weighted by atomic mass is 32.2. The number of hydrogen-bond acceptors (Lipinski definition) is 5. The second-order valence-electron chi connectivity index (χ2n) is 4.32. The molecule has 0 spiro atoms. The van der Waals surface area contributed by atoms with Gasteiger partial charge in [-0.15, -0.1) is 11.8 Å². The van der Waals surface area contributed by atoms with E-state index in [1.54, 1.807) is 31.3 Å². The molecule has 106 valence electrons. The minimum atomic E-state index is -0.111. The van der Waals surface area contributed by atoms with Crippen molar-refractivity contribution < 1.29 is 9.47 Å². The highest BCUT2D eigenvalue weighted by Gasteiger charge is 2.10. The number of pyridine rings is 1. The summed E-state index contributed by atoms with van der Waals surface area (Å²) in [6.45, 7) is 1.92. The molecule has 1 unspecified atom stereocenters. The number of nitrogens with two attached hydrogens (primary N) is 1. The maximum Gasteiger partial charge on any atom is 0.150 e. The molecular weight excluding hydrogens is 272 g/mol. The van der Waals surface area contributed by atoms with Crippen LogP contribution in [0.4, 0.5) is 0 Å². The van der Waals surface area contributed by atoms with Crippen molar-refractivity contribution in [3.05, 3.63) is 42.2 Å². The fourth-order valence-electron chi connectivity index (χ4n) is 1.86. The molecule has 2 N–H and O–H groups in total. The zero-order valence-corrected chi connectivity index (χ0v) is 12.6.